The summed E-state index contributed by atoms with van der Waals surface area (Å²) in [7, 11) is 0. The highest BCUT2D eigenvalue weighted by Gasteiger charge is 2.39. The number of esters is 2. The fourth-order valence-corrected chi connectivity index (χ4v) is 6.59. The van der Waals surface area contributed by atoms with Crippen molar-refractivity contribution in [1.82, 2.24) is 0 Å². The summed E-state index contributed by atoms with van der Waals surface area (Å²) in [6, 6.07) is 0. The number of carbonyl (C=O) groups excluding carboxylic acids is 2. The van der Waals surface area contributed by atoms with E-state index in [1.54, 1.807) is 6.92 Å². The molecule has 1 aliphatic heterocycles. The van der Waals surface area contributed by atoms with Crippen molar-refractivity contribution in [3.05, 3.63) is 22.3 Å². The first-order valence-corrected chi connectivity index (χ1v) is 19.2. The Kier molecular flexibility index (Phi) is 21.5. The van der Waals surface area contributed by atoms with Crippen LogP contribution >= 0.6 is 9.90 Å². The molecule has 48 heavy (non-hydrogen) atoms. The SMILES string of the molecule is CCC.CCC(C)(CC(=O)OC(C)C)C(=O)Oc1c(C)c(C)c2c(c1C)CC[C@](C)(CCC[C@@H](C)CCC[C@@H](C)CCCC(C)C)O2.P. The first-order valence-electron chi connectivity index (χ1n) is 19.2. The van der Waals surface area contributed by atoms with Crippen LogP contribution < -0.4 is 9.47 Å². The molecule has 0 N–H and O–H groups in total. The van der Waals surface area contributed by atoms with Gasteiger partial charge in [0.2, 0.25) is 0 Å². The minimum absolute atomic E-state index is 0. The van der Waals surface area contributed by atoms with Crippen LogP contribution in [0, 0.1) is 43.9 Å². The largest absolute Gasteiger partial charge is 0.487 e. The molecular formula is C42H77O5P. The van der Waals surface area contributed by atoms with Gasteiger partial charge >= 0.3 is 11.9 Å². The summed E-state index contributed by atoms with van der Waals surface area (Å²) < 4.78 is 18.2. The zero-order valence-corrected chi connectivity index (χ0v) is 35.4. The van der Waals surface area contributed by atoms with Crippen LogP contribution in [0.4, 0.5) is 0 Å². The van der Waals surface area contributed by atoms with Crippen LogP contribution in [-0.2, 0) is 20.7 Å². The van der Waals surface area contributed by atoms with Crippen molar-refractivity contribution >= 4 is 21.8 Å². The van der Waals surface area contributed by atoms with Crippen LogP contribution in [0.25, 0.3) is 0 Å². The normalized spacial score (nSPS) is 18.0. The summed E-state index contributed by atoms with van der Waals surface area (Å²) in [5, 5.41) is 0. The smallest absolute Gasteiger partial charge is 0.317 e. The summed E-state index contributed by atoms with van der Waals surface area (Å²) in [5.41, 5.74) is 2.93. The molecule has 6 heteroatoms. The number of ether oxygens (including phenoxy) is 3. The minimum atomic E-state index is -0.952. The van der Waals surface area contributed by atoms with E-state index in [4.69, 9.17) is 14.2 Å². The van der Waals surface area contributed by atoms with Crippen molar-refractivity contribution in [2.24, 2.45) is 23.2 Å². The lowest BCUT2D eigenvalue weighted by atomic mass is 9.83. The predicted octanol–water partition coefficient (Wildman–Crippen LogP) is 12.3. The maximum absolute atomic E-state index is 13.4. The third-order valence-electron chi connectivity index (χ3n) is 10.2. The Bertz CT molecular complexity index is 1110. The van der Waals surface area contributed by atoms with Gasteiger partial charge in [-0.25, -0.2) is 0 Å². The molecule has 2 unspecified atom stereocenters. The van der Waals surface area contributed by atoms with E-state index < -0.39 is 5.41 Å². The Morgan fingerprint density at radius 2 is 1.35 bits per heavy atom. The van der Waals surface area contributed by atoms with Crippen LogP contribution in [-0.4, -0.2) is 23.6 Å². The number of benzene rings is 1. The van der Waals surface area contributed by atoms with Crippen LogP contribution in [0.1, 0.15) is 182 Å². The molecule has 0 aliphatic carbocycles. The minimum Gasteiger partial charge on any atom is -0.487 e. The van der Waals surface area contributed by atoms with E-state index in [0.29, 0.717) is 12.2 Å². The predicted molar refractivity (Wildman–Crippen MR) is 210 cm³/mol. The fraction of sp³-hybridized carbons (Fsp3) is 0.810. The zero-order valence-electron chi connectivity index (χ0n) is 34.0. The fourth-order valence-electron chi connectivity index (χ4n) is 6.59. The summed E-state index contributed by atoms with van der Waals surface area (Å²) in [6.45, 7) is 29.4. The summed E-state index contributed by atoms with van der Waals surface area (Å²) in [6.07, 6.45) is 15.0. The lowest BCUT2D eigenvalue weighted by molar-refractivity contribution is -0.158. The van der Waals surface area contributed by atoms with Gasteiger partial charge < -0.3 is 14.2 Å². The lowest BCUT2D eigenvalue weighted by Crippen LogP contribution is -2.37. The molecule has 280 valence electrons. The van der Waals surface area contributed by atoms with Gasteiger partial charge in [-0.1, -0.05) is 99.8 Å². The Morgan fingerprint density at radius 3 is 1.85 bits per heavy atom. The molecular weight excluding hydrogens is 615 g/mol. The van der Waals surface area contributed by atoms with Crippen molar-refractivity contribution in [2.75, 3.05) is 0 Å². The summed E-state index contributed by atoms with van der Waals surface area (Å²) in [4.78, 5) is 25.9. The van der Waals surface area contributed by atoms with Crippen molar-refractivity contribution in [1.29, 1.82) is 0 Å². The molecule has 0 amide bonds. The average Bonchev–Trinajstić information content (AvgIpc) is 2.97. The molecule has 0 fully saturated rings. The second-order valence-electron chi connectivity index (χ2n) is 16.1. The number of hydrogen-bond donors (Lipinski definition) is 0. The van der Waals surface area contributed by atoms with Gasteiger partial charge in [0, 0.05) is 5.56 Å². The molecule has 1 aromatic rings. The van der Waals surface area contributed by atoms with Crippen molar-refractivity contribution in [2.45, 2.75) is 199 Å². The molecule has 1 aliphatic rings. The first kappa shape index (κ1) is 46.4. The Hall–Kier alpha value is -1.61. The molecule has 2 rings (SSSR count). The highest BCUT2D eigenvalue weighted by atomic mass is 31.0. The van der Waals surface area contributed by atoms with Crippen molar-refractivity contribution in [3.63, 3.8) is 0 Å². The first-order chi connectivity index (χ1) is 21.9. The van der Waals surface area contributed by atoms with Gasteiger partial charge in [0.25, 0.3) is 0 Å². The monoisotopic (exact) mass is 693 g/mol. The van der Waals surface area contributed by atoms with E-state index in [-0.39, 0.29) is 40.0 Å². The highest BCUT2D eigenvalue weighted by Crippen LogP contribution is 2.45. The highest BCUT2D eigenvalue weighted by molar-refractivity contribution is 6.92. The standard InChI is InChI=1S/C39H66O5.C3H8.H3P/c1-13-38(11,25-34(40)42-27(4)5)37(41)43-35-30(8)31(9)36-33(32(35)10)22-24-39(12,44-36)23-16-21-29(7)20-15-19-28(6)18-14-17-26(2)3;1-3-2;/h26-29H,13-25H2,1-12H3;3H2,1-2H3;1H3/t28-,29-,38?,39-;;/m0../s1. The van der Waals surface area contributed by atoms with Crippen molar-refractivity contribution < 1.29 is 23.8 Å². The molecule has 0 aromatic heterocycles. The van der Waals surface area contributed by atoms with Crippen LogP contribution in [0.15, 0.2) is 0 Å². The van der Waals surface area contributed by atoms with Gasteiger partial charge in [-0.05, 0) is 115 Å². The number of carbonyl (C=O) groups is 2. The second kappa shape index (κ2) is 22.3. The molecule has 0 radical (unpaired) electrons. The van der Waals surface area contributed by atoms with E-state index >= 15 is 0 Å². The summed E-state index contributed by atoms with van der Waals surface area (Å²) in [5.74, 6) is 3.23. The molecule has 5 atom stereocenters. The van der Waals surface area contributed by atoms with Gasteiger partial charge in [0.15, 0.2) is 0 Å². The van der Waals surface area contributed by atoms with Gasteiger partial charge in [0.05, 0.1) is 17.9 Å². The molecule has 5 nitrogen and oxygen atoms in total. The van der Waals surface area contributed by atoms with E-state index in [1.165, 1.54) is 57.8 Å². The topological polar surface area (TPSA) is 61.8 Å². The molecule has 0 bridgehead atoms. The Labute approximate surface area is 300 Å². The number of fused-ring (bicyclic) bond motifs is 1. The third-order valence-corrected chi connectivity index (χ3v) is 10.2. The van der Waals surface area contributed by atoms with Gasteiger partial charge in [-0.3, -0.25) is 9.59 Å². The van der Waals surface area contributed by atoms with E-state index in [9.17, 15) is 9.59 Å². The maximum Gasteiger partial charge on any atom is 0.317 e. The van der Waals surface area contributed by atoms with Gasteiger partial charge in [-0.2, -0.15) is 9.90 Å². The second-order valence-corrected chi connectivity index (χ2v) is 16.1. The van der Waals surface area contributed by atoms with Gasteiger partial charge in [-0.15, -0.1) is 0 Å². The Balaban J connectivity index is 0.00000531. The molecule has 0 saturated heterocycles. The number of hydrogen-bond acceptors (Lipinski definition) is 5. The van der Waals surface area contributed by atoms with Crippen molar-refractivity contribution in [3.8, 4) is 11.5 Å². The maximum atomic E-state index is 13.4. The molecule has 0 spiro atoms. The Morgan fingerprint density at radius 1 is 0.833 bits per heavy atom. The molecule has 1 heterocycles. The average molecular weight is 693 g/mol. The van der Waals surface area contributed by atoms with Crippen LogP contribution in [0.3, 0.4) is 0 Å². The lowest BCUT2D eigenvalue weighted by Gasteiger charge is -2.38. The molecule has 0 saturated carbocycles. The van der Waals surface area contributed by atoms with Crippen LogP contribution in [0.5, 0.6) is 11.5 Å². The number of rotatable bonds is 18. The summed E-state index contributed by atoms with van der Waals surface area (Å²) >= 11 is 0. The third kappa shape index (κ3) is 15.1. The van der Waals surface area contributed by atoms with Crippen LogP contribution in [0.2, 0.25) is 0 Å². The molecule has 1 aromatic carbocycles. The zero-order chi connectivity index (χ0) is 35.9. The van der Waals surface area contributed by atoms with E-state index in [1.807, 2.05) is 34.6 Å². The van der Waals surface area contributed by atoms with Gasteiger partial charge in [0.1, 0.15) is 17.1 Å². The quantitative estimate of drug-likeness (QED) is 0.0870. The van der Waals surface area contributed by atoms with E-state index in [0.717, 1.165) is 65.0 Å². The van der Waals surface area contributed by atoms with E-state index in [2.05, 4.69) is 55.4 Å².